The Morgan fingerprint density at radius 2 is 1.14 bits per heavy atom. The lowest BCUT2D eigenvalue weighted by Crippen LogP contribution is -2.32. The van der Waals surface area contributed by atoms with Crippen LogP contribution >= 0.6 is 0 Å². The summed E-state index contributed by atoms with van der Waals surface area (Å²) in [6.45, 7) is 0.512. The van der Waals surface area contributed by atoms with Crippen molar-refractivity contribution in [1.29, 1.82) is 0 Å². The third kappa shape index (κ3) is 4.45. The van der Waals surface area contributed by atoms with E-state index in [2.05, 4.69) is 36.4 Å². The van der Waals surface area contributed by atoms with Gasteiger partial charge in [-0.05, 0) is 53.1 Å². The number of amides is 2. The van der Waals surface area contributed by atoms with Crippen LogP contribution in [0.4, 0.5) is 10.5 Å². The van der Waals surface area contributed by atoms with Gasteiger partial charge in [0.15, 0.2) is 0 Å². The van der Waals surface area contributed by atoms with Gasteiger partial charge in [0, 0.05) is 12.2 Å². The van der Waals surface area contributed by atoms with E-state index in [9.17, 15) is 4.79 Å². The number of hydrogen-bond donors (Lipinski definition) is 0. The van der Waals surface area contributed by atoms with Gasteiger partial charge in [-0.15, -0.1) is 0 Å². The number of ether oxygens (including phenoxy) is 2. The highest BCUT2D eigenvalue weighted by atomic mass is 16.5. The number of urea groups is 1. The van der Waals surface area contributed by atoms with Crippen LogP contribution in [-0.2, 0) is 6.54 Å². The fourth-order valence-corrected chi connectivity index (χ4v) is 4.79. The predicted octanol–water partition coefficient (Wildman–Crippen LogP) is 6.63. The Labute approximate surface area is 206 Å². The number of carbonyl (C=O) groups excluding carboxylic acids is 1. The van der Waals surface area contributed by atoms with Crippen molar-refractivity contribution in [3.05, 3.63) is 126 Å². The van der Waals surface area contributed by atoms with Crippen molar-refractivity contribution in [2.24, 2.45) is 0 Å². The van der Waals surface area contributed by atoms with Gasteiger partial charge in [-0.3, -0.25) is 4.90 Å². The number of anilines is 1. The minimum atomic E-state index is -0.229. The van der Waals surface area contributed by atoms with Crippen molar-refractivity contribution in [1.82, 2.24) is 4.90 Å². The molecule has 0 aromatic heterocycles. The molecule has 0 N–H and O–H groups in total. The van der Waals surface area contributed by atoms with E-state index in [0.717, 1.165) is 33.9 Å². The van der Waals surface area contributed by atoms with Crippen LogP contribution in [0.1, 0.15) is 28.8 Å². The number of hydrogen-bond acceptors (Lipinski definition) is 3. The lowest BCUT2D eigenvalue weighted by molar-refractivity contribution is 0.199. The van der Waals surface area contributed by atoms with Crippen LogP contribution in [0.3, 0.4) is 0 Å². The lowest BCUT2D eigenvalue weighted by atomic mass is 9.92. The summed E-state index contributed by atoms with van der Waals surface area (Å²) in [6.07, 6.45) is 0. The number of benzene rings is 4. The second kappa shape index (κ2) is 9.94. The van der Waals surface area contributed by atoms with E-state index in [1.807, 2.05) is 82.6 Å². The molecule has 0 aliphatic carbocycles. The van der Waals surface area contributed by atoms with Crippen molar-refractivity contribution >= 4 is 11.7 Å². The van der Waals surface area contributed by atoms with E-state index in [4.69, 9.17) is 9.47 Å². The van der Waals surface area contributed by atoms with Crippen molar-refractivity contribution < 1.29 is 14.3 Å². The van der Waals surface area contributed by atoms with E-state index in [-0.39, 0.29) is 18.1 Å². The molecule has 0 bridgehead atoms. The van der Waals surface area contributed by atoms with E-state index in [1.54, 1.807) is 14.2 Å². The number of rotatable bonds is 7. The molecule has 5 rings (SSSR count). The Bertz CT molecular complexity index is 1260. The molecular formula is C30H28N2O3. The van der Waals surface area contributed by atoms with Crippen LogP contribution < -0.4 is 14.4 Å². The topological polar surface area (TPSA) is 42.0 Å². The van der Waals surface area contributed by atoms with E-state index in [0.29, 0.717) is 6.54 Å². The molecule has 0 saturated carbocycles. The van der Waals surface area contributed by atoms with Crippen molar-refractivity contribution in [2.45, 2.75) is 18.6 Å². The number of carbonyl (C=O) groups is 1. The highest BCUT2D eigenvalue weighted by Crippen LogP contribution is 2.48. The summed E-state index contributed by atoms with van der Waals surface area (Å²) < 4.78 is 10.8. The van der Waals surface area contributed by atoms with Crippen LogP contribution in [0, 0.1) is 0 Å². The van der Waals surface area contributed by atoms with Gasteiger partial charge >= 0.3 is 6.03 Å². The van der Waals surface area contributed by atoms with Gasteiger partial charge in [0.25, 0.3) is 0 Å². The Kier molecular flexibility index (Phi) is 6.40. The minimum Gasteiger partial charge on any atom is -0.497 e. The largest absolute Gasteiger partial charge is 0.497 e. The van der Waals surface area contributed by atoms with Crippen LogP contribution in [0.25, 0.3) is 0 Å². The first-order chi connectivity index (χ1) is 17.2. The van der Waals surface area contributed by atoms with Crippen molar-refractivity contribution in [2.75, 3.05) is 19.1 Å². The second-order valence-electron chi connectivity index (χ2n) is 8.54. The van der Waals surface area contributed by atoms with Gasteiger partial charge in [-0.25, -0.2) is 4.79 Å². The SMILES string of the molecule is COc1ccc([C@@H]2[C@@H](c3ccccc3)N(Cc3ccccc3)C(=O)N2c2ccc(OC)cc2)cc1. The molecule has 0 unspecified atom stereocenters. The van der Waals surface area contributed by atoms with Gasteiger partial charge in [0.2, 0.25) is 0 Å². The Balaban J connectivity index is 1.66. The molecule has 5 heteroatoms. The molecule has 1 fully saturated rings. The average molecular weight is 465 g/mol. The second-order valence-corrected chi connectivity index (χ2v) is 8.54. The quantitative estimate of drug-likeness (QED) is 0.308. The summed E-state index contributed by atoms with van der Waals surface area (Å²) in [4.78, 5) is 18.0. The third-order valence-corrected chi connectivity index (χ3v) is 6.51. The molecule has 0 radical (unpaired) electrons. The standard InChI is InChI=1S/C30H28N2O3/c1-34-26-17-13-24(14-18-26)29-28(23-11-7-4-8-12-23)31(21-22-9-5-3-6-10-22)30(33)32(29)25-15-19-27(35-2)20-16-25/h3-20,28-29H,21H2,1-2H3/t28-,29-/m1/s1. The third-order valence-electron chi connectivity index (χ3n) is 6.51. The molecule has 4 aromatic rings. The number of methoxy groups -OCH3 is 2. The molecule has 176 valence electrons. The molecule has 1 aliphatic rings. The summed E-state index contributed by atoms with van der Waals surface area (Å²) in [7, 11) is 3.30. The summed E-state index contributed by atoms with van der Waals surface area (Å²) in [6, 6.07) is 35.6. The van der Waals surface area contributed by atoms with E-state index < -0.39 is 0 Å². The molecule has 4 aromatic carbocycles. The van der Waals surface area contributed by atoms with E-state index in [1.165, 1.54) is 0 Å². The maximum Gasteiger partial charge on any atom is 0.326 e. The molecule has 5 nitrogen and oxygen atoms in total. The lowest BCUT2D eigenvalue weighted by Gasteiger charge is -2.29. The molecule has 1 saturated heterocycles. The van der Waals surface area contributed by atoms with Gasteiger partial charge in [0.1, 0.15) is 11.5 Å². The van der Waals surface area contributed by atoms with Gasteiger partial charge in [-0.2, -0.15) is 0 Å². The first-order valence-corrected chi connectivity index (χ1v) is 11.7. The smallest absolute Gasteiger partial charge is 0.326 e. The molecule has 1 heterocycles. The normalized spacial score (nSPS) is 17.5. The highest BCUT2D eigenvalue weighted by Gasteiger charge is 2.47. The molecule has 2 amide bonds. The predicted molar refractivity (Wildman–Crippen MR) is 138 cm³/mol. The van der Waals surface area contributed by atoms with Crippen LogP contribution in [0.2, 0.25) is 0 Å². The van der Waals surface area contributed by atoms with Crippen molar-refractivity contribution in [3.63, 3.8) is 0 Å². The van der Waals surface area contributed by atoms with Crippen molar-refractivity contribution in [3.8, 4) is 11.5 Å². The fourth-order valence-electron chi connectivity index (χ4n) is 4.79. The molecule has 1 aliphatic heterocycles. The van der Waals surface area contributed by atoms with Gasteiger partial charge in [-0.1, -0.05) is 72.8 Å². The average Bonchev–Trinajstić information content (AvgIpc) is 3.21. The monoisotopic (exact) mass is 464 g/mol. The zero-order valence-electron chi connectivity index (χ0n) is 19.9. The van der Waals surface area contributed by atoms with Crippen LogP contribution in [-0.4, -0.2) is 25.2 Å². The molecule has 0 spiro atoms. The van der Waals surface area contributed by atoms with Gasteiger partial charge in [0.05, 0.1) is 26.3 Å². The Hall–Kier alpha value is -4.25. The molecule has 35 heavy (non-hydrogen) atoms. The first-order valence-electron chi connectivity index (χ1n) is 11.7. The molecular weight excluding hydrogens is 436 g/mol. The van der Waals surface area contributed by atoms with Crippen LogP contribution in [0.5, 0.6) is 11.5 Å². The zero-order chi connectivity index (χ0) is 24.2. The van der Waals surface area contributed by atoms with E-state index >= 15 is 0 Å². The minimum absolute atomic E-state index is 0.0336. The number of nitrogens with zero attached hydrogens (tertiary/aromatic N) is 2. The maximum absolute atomic E-state index is 14.2. The fraction of sp³-hybridized carbons (Fsp3) is 0.167. The summed E-state index contributed by atoms with van der Waals surface area (Å²) in [5, 5.41) is 0. The zero-order valence-corrected chi connectivity index (χ0v) is 19.9. The van der Waals surface area contributed by atoms with Crippen LogP contribution in [0.15, 0.2) is 109 Å². The summed E-state index contributed by atoms with van der Waals surface area (Å²) >= 11 is 0. The van der Waals surface area contributed by atoms with Gasteiger partial charge < -0.3 is 14.4 Å². The summed E-state index contributed by atoms with van der Waals surface area (Å²) in [5.41, 5.74) is 4.05. The molecule has 2 atom stereocenters. The highest BCUT2D eigenvalue weighted by molar-refractivity contribution is 5.96. The maximum atomic E-state index is 14.2. The first kappa shape index (κ1) is 22.5. The Morgan fingerprint density at radius 3 is 1.71 bits per heavy atom. The Morgan fingerprint density at radius 1 is 0.629 bits per heavy atom. The summed E-state index contributed by atoms with van der Waals surface area (Å²) in [5.74, 6) is 1.54.